The number of carbonyl (C=O) groups excluding carboxylic acids is 2. The molecule has 0 saturated heterocycles. The Morgan fingerprint density at radius 2 is 1.41 bits per heavy atom. The van der Waals surface area contributed by atoms with E-state index in [-0.39, 0.29) is 17.7 Å². The van der Waals surface area contributed by atoms with Crippen LogP contribution in [0.1, 0.15) is 19.4 Å². The lowest BCUT2D eigenvalue weighted by molar-refractivity contribution is -0.120. The zero-order valence-electron chi connectivity index (χ0n) is 18.2. The highest BCUT2D eigenvalue weighted by molar-refractivity contribution is 6.46. The molecule has 2 amide bonds. The number of amides is 2. The lowest BCUT2D eigenvalue weighted by Gasteiger charge is -2.16. The summed E-state index contributed by atoms with van der Waals surface area (Å²) in [5, 5.41) is 3.16. The molecule has 0 spiro atoms. The Morgan fingerprint density at radius 3 is 2.00 bits per heavy atom. The number of rotatable bonds is 7. The van der Waals surface area contributed by atoms with Crippen molar-refractivity contribution < 1.29 is 19.1 Å². The van der Waals surface area contributed by atoms with Crippen molar-refractivity contribution >= 4 is 28.8 Å². The molecule has 0 aliphatic carbocycles. The molecule has 0 fully saturated rings. The molecule has 0 saturated carbocycles. The standard InChI is InChI=1S/C26H24N2O4/c1-17(2)32-22-13-9-19(10-14-22)27-24-23(18-7-5-4-6-8-18)25(29)28(26(24)30)20-11-15-21(31-3)16-12-20/h4-17,27H,1-3H3. The van der Waals surface area contributed by atoms with Gasteiger partial charge in [0.05, 0.1) is 24.5 Å². The minimum absolute atomic E-state index is 0.0632. The summed E-state index contributed by atoms with van der Waals surface area (Å²) in [5.41, 5.74) is 2.39. The predicted molar refractivity (Wildman–Crippen MR) is 125 cm³/mol. The molecule has 32 heavy (non-hydrogen) atoms. The molecule has 1 aliphatic rings. The summed E-state index contributed by atoms with van der Waals surface area (Å²) in [4.78, 5) is 28.0. The predicted octanol–water partition coefficient (Wildman–Crippen LogP) is 4.88. The molecule has 0 aromatic heterocycles. The van der Waals surface area contributed by atoms with Crippen molar-refractivity contribution in [3.8, 4) is 11.5 Å². The molecule has 6 nitrogen and oxygen atoms in total. The first-order valence-electron chi connectivity index (χ1n) is 10.3. The number of imide groups is 1. The number of nitrogens with zero attached hydrogens (tertiary/aromatic N) is 1. The number of methoxy groups -OCH3 is 1. The van der Waals surface area contributed by atoms with Crippen molar-refractivity contribution in [2.75, 3.05) is 17.3 Å². The van der Waals surface area contributed by atoms with Gasteiger partial charge in [-0.2, -0.15) is 0 Å². The van der Waals surface area contributed by atoms with Crippen LogP contribution in [0.25, 0.3) is 5.57 Å². The molecule has 6 heteroatoms. The van der Waals surface area contributed by atoms with Crippen LogP contribution in [0.15, 0.2) is 84.6 Å². The second-order valence-electron chi connectivity index (χ2n) is 7.58. The summed E-state index contributed by atoms with van der Waals surface area (Å²) in [6, 6.07) is 23.3. The molecule has 0 atom stereocenters. The van der Waals surface area contributed by atoms with Gasteiger partial charge >= 0.3 is 0 Å². The van der Waals surface area contributed by atoms with Crippen LogP contribution in [0.5, 0.6) is 11.5 Å². The van der Waals surface area contributed by atoms with Gasteiger partial charge in [0.2, 0.25) is 0 Å². The van der Waals surface area contributed by atoms with E-state index >= 15 is 0 Å². The summed E-state index contributed by atoms with van der Waals surface area (Å²) < 4.78 is 10.9. The van der Waals surface area contributed by atoms with Gasteiger partial charge in [0.25, 0.3) is 11.8 Å². The molecule has 0 radical (unpaired) electrons. The maximum absolute atomic E-state index is 13.4. The van der Waals surface area contributed by atoms with Crippen LogP contribution in [-0.4, -0.2) is 25.0 Å². The zero-order chi connectivity index (χ0) is 22.7. The number of anilines is 2. The summed E-state index contributed by atoms with van der Waals surface area (Å²) >= 11 is 0. The number of benzene rings is 3. The van der Waals surface area contributed by atoms with Crippen LogP contribution in [0.4, 0.5) is 11.4 Å². The van der Waals surface area contributed by atoms with Gasteiger partial charge in [-0.1, -0.05) is 30.3 Å². The van der Waals surface area contributed by atoms with E-state index in [2.05, 4.69) is 5.32 Å². The third-order valence-electron chi connectivity index (χ3n) is 4.97. The van der Waals surface area contributed by atoms with Crippen molar-refractivity contribution in [3.63, 3.8) is 0 Å². The van der Waals surface area contributed by atoms with Crippen molar-refractivity contribution in [3.05, 3.63) is 90.1 Å². The SMILES string of the molecule is COc1ccc(N2C(=O)C(Nc3ccc(OC(C)C)cc3)=C(c3ccccc3)C2=O)cc1. The van der Waals surface area contributed by atoms with E-state index in [0.29, 0.717) is 28.3 Å². The van der Waals surface area contributed by atoms with E-state index in [1.807, 2.05) is 68.4 Å². The minimum atomic E-state index is -0.415. The quantitative estimate of drug-likeness (QED) is 0.544. The molecule has 1 N–H and O–H groups in total. The fraction of sp³-hybridized carbons (Fsp3) is 0.154. The van der Waals surface area contributed by atoms with Crippen LogP contribution in [0, 0.1) is 0 Å². The Kier molecular flexibility index (Phi) is 5.94. The number of carbonyl (C=O) groups is 2. The van der Waals surface area contributed by atoms with E-state index in [1.54, 1.807) is 31.4 Å². The van der Waals surface area contributed by atoms with Gasteiger partial charge in [-0.05, 0) is 67.9 Å². The Balaban J connectivity index is 1.71. The van der Waals surface area contributed by atoms with E-state index in [4.69, 9.17) is 9.47 Å². The van der Waals surface area contributed by atoms with Crippen LogP contribution in [0.3, 0.4) is 0 Å². The normalized spacial score (nSPS) is 13.7. The van der Waals surface area contributed by atoms with Gasteiger partial charge in [-0.3, -0.25) is 9.59 Å². The largest absolute Gasteiger partial charge is 0.497 e. The highest BCUT2D eigenvalue weighted by atomic mass is 16.5. The third kappa shape index (κ3) is 4.21. The van der Waals surface area contributed by atoms with Crippen molar-refractivity contribution in [1.82, 2.24) is 0 Å². The molecule has 0 unspecified atom stereocenters. The third-order valence-corrected chi connectivity index (χ3v) is 4.97. The maximum Gasteiger partial charge on any atom is 0.282 e. The Hall–Kier alpha value is -4.06. The second-order valence-corrected chi connectivity index (χ2v) is 7.58. The molecule has 4 rings (SSSR count). The number of ether oxygens (including phenoxy) is 2. The summed E-state index contributed by atoms with van der Waals surface area (Å²) in [5.74, 6) is 0.581. The highest BCUT2D eigenvalue weighted by Gasteiger charge is 2.40. The average Bonchev–Trinajstić information content (AvgIpc) is 3.04. The van der Waals surface area contributed by atoms with Crippen LogP contribution >= 0.6 is 0 Å². The monoisotopic (exact) mass is 428 g/mol. The number of hydrogen-bond donors (Lipinski definition) is 1. The van der Waals surface area contributed by atoms with E-state index < -0.39 is 5.91 Å². The van der Waals surface area contributed by atoms with Crippen molar-refractivity contribution in [1.29, 1.82) is 0 Å². The zero-order valence-corrected chi connectivity index (χ0v) is 18.2. The molecule has 1 aliphatic heterocycles. The smallest absolute Gasteiger partial charge is 0.282 e. The highest BCUT2D eigenvalue weighted by Crippen LogP contribution is 2.34. The van der Waals surface area contributed by atoms with Gasteiger partial charge in [0.15, 0.2) is 0 Å². The topological polar surface area (TPSA) is 67.9 Å². The van der Waals surface area contributed by atoms with Crippen LogP contribution in [0.2, 0.25) is 0 Å². The Labute approximate surface area is 187 Å². The summed E-state index contributed by atoms with van der Waals surface area (Å²) in [7, 11) is 1.57. The summed E-state index contributed by atoms with van der Waals surface area (Å²) in [6.07, 6.45) is 0.0632. The molecule has 0 bridgehead atoms. The maximum atomic E-state index is 13.4. The molecular formula is C26H24N2O4. The first-order valence-corrected chi connectivity index (χ1v) is 10.3. The van der Waals surface area contributed by atoms with E-state index in [0.717, 1.165) is 5.75 Å². The fourth-order valence-electron chi connectivity index (χ4n) is 3.52. The van der Waals surface area contributed by atoms with Crippen LogP contribution in [-0.2, 0) is 9.59 Å². The van der Waals surface area contributed by atoms with Gasteiger partial charge in [0, 0.05) is 5.69 Å². The molecule has 3 aromatic carbocycles. The number of nitrogens with one attached hydrogen (secondary N) is 1. The molecular weight excluding hydrogens is 404 g/mol. The van der Waals surface area contributed by atoms with E-state index in [9.17, 15) is 9.59 Å². The average molecular weight is 428 g/mol. The van der Waals surface area contributed by atoms with Crippen molar-refractivity contribution in [2.24, 2.45) is 0 Å². The van der Waals surface area contributed by atoms with Gasteiger partial charge in [0.1, 0.15) is 17.2 Å². The number of hydrogen-bond acceptors (Lipinski definition) is 5. The van der Waals surface area contributed by atoms with Crippen molar-refractivity contribution in [2.45, 2.75) is 20.0 Å². The summed E-state index contributed by atoms with van der Waals surface area (Å²) in [6.45, 7) is 3.92. The lowest BCUT2D eigenvalue weighted by Crippen LogP contribution is -2.32. The van der Waals surface area contributed by atoms with E-state index in [1.165, 1.54) is 4.90 Å². The van der Waals surface area contributed by atoms with Gasteiger partial charge < -0.3 is 14.8 Å². The van der Waals surface area contributed by atoms with Gasteiger partial charge in [-0.25, -0.2) is 4.90 Å². The Bertz CT molecular complexity index is 1150. The van der Waals surface area contributed by atoms with Crippen LogP contribution < -0.4 is 19.7 Å². The first kappa shape index (κ1) is 21.2. The first-order chi connectivity index (χ1) is 15.5. The molecule has 3 aromatic rings. The second kappa shape index (κ2) is 8.98. The van der Waals surface area contributed by atoms with Gasteiger partial charge in [-0.15, -0.1) is 0 Å². The molecule has 162 valence electrons. The Morgan fingerprint density at radius 1 is 0.781 bits per heavy atom. The minimum Gasteiger partial charge on any atom is -0.497 e. The molecule has 1 heterocycles. The lowest BCUT2D eigenvalue weighted by atomic mass is 10.0. The fourth-order valence-corrected chi connectivity index (χ4v) is 3.52.